The van der Waals surface area contributed by atoms with E-state index in [2.05, 4.69) is 121 Å². The van der Waals surface area contributed by atoms with E-state index < -0.39 is 0 Å². The summed E-state index contributed by atoms with van der Waals surface area (Å²) in [6.45, 7) is 0. The maximum atomic E-state index is 2.40. The molecule has 2 unspecified atom stereocenters. The molecule has 0 aliphatic carbocycles. The molecule has 35 heavy (non-hydrogen) atoms. The molecule has 0 aromatic heterocycles. The van der Waals surface area contributed by atoms with Gasteiger partial charge in [0.2, 0.25) is 0 Å². The molecule has 2 aliphatic heterocycles. The van der Waals surface area contributed by atoms with Crippen LogP contribution in [-0.4, -0.2) is 5.90 Å². The second-order valence-corrected chi connectivity index (χ2v) is 15.7. The summed E-state index contributed by atoms with van der Waals surface area (Å²) in [6, 6.07) is 45.9. The molecule has 2 heterocycles. The van der Waals surface area contributed by atoms with Crippen molar-refractivity contribution in [3.05, 3.63) is 144 Å². The van der Waals surface area contributed by atoms with Crippen molar-refractivity contribution in [1.82, 2.24) is 0 Å². The molecule has 0 bridgehead atoms. The lowest BCUT2D eigenvalue weighted by Gasteiger charge is -2.35. The third kappa shape index (κ3) is 4.89. The maximum absolute atomic E-state index is 2.40. The standard InChI is InChI=1S/C33H34P2/c1-5-13-26(14-6-1)30-21-22-31(27-15-7-2-8-16-27)34(30)25-35-32(28-17-9-3-10-18-28)23-24-33(35)29-19-11-4-12-20-29/h1-20,30-33H,21-25H2/t30-,31-,32-,33?,35?/m1/s1. The van der Waals surface area contributed by atoms with Gasteiger partial charge in [0.15, 0.2) is 0 Å². The molecule has 2 heteroatoms. The molecule has 0 N–H and O–H groups in total. The first-order valence-electron chi connectivity index (χ1n) is 13.1. The van der Waals surface area contributed by atoms with Crippen molar-refractivity contribution in [3.63, 3.8) is 0 Å². The fourth-order valence-electron chi connectivity index (χ4n) is 6.45. The Balaban J connectivity index is 1.39. The van der Waals surface area contributed by atoms with Crippen molar-refractivity contribution < 1.29 is 0 Å². The Labute approximate surface area is 213 Å². The Morgan fingerprint density at radius 2 is 0.600 bits per heavy atom. The van der Waals surface area contributed by atoms with Gasteiger partial charge >= 0.3 is 0 Å². The smallest absolute Gasteiger partial charge is 0.00507 e. The summed E-state index contributed by atoms with van der Waals surface area (Å²) < 4.78 is 0. The highest BCUT2D eigenvalue weighted by Crippen LogP contribution is 2.80. The summed E-state index contributed by atoms with van der Waals surface area (Å²) in [5.74, 6) is 1.43. The molecule has 6 rings (SSSR count). The van der Waals surface area contributed by atoms with Crippen LogP contribution in [0.15, 0.2) is 121 Å². The van der Waals surface area contributed by atoms with E-state index in [1.54, 1.807) is 22.3 Å². The van der Waals surface area contributed by atoms with Gasteiger partial charge < -0.3 is 0 Å². The Morgan fingerprint density at radius 3 is 0.829 bits per heavy atom. The highest BCUT2D eigenvalue weighted by Gasteiger charge is 2.44. The molecule has 2 saturated heterocycles. The number of benzene rings is 4. The van der Waals surface area contributed by atoms with E-state index in [1.165, 1.54) is 31.6 Å². The van der Waals surface area contributed by atoms with Crippen molar-refractivity contribution >= 4 is 15.8 Å². The monoisotopic (exact) mass is 492 g/mol. The first-order valence-corrected chi connectivity index (χ1v) is 16.4. The fraction of sp³-hybridized carbons (Fsp3) is 0.273. The summed E-state index contributed by atoms with van der Waals surface area (Å²) in [5.41, 5.74) is 9.24. The molecular formula is C33H34P2. The second-order valence-electron chi connectivity index (χ2n) is 10.0. The first-order chi connectivity index (χ1) is 17.4. The highest BCUT2D eigenvalue weighted by molar-refractivity contribution is 7.75. The highest BCUT2D eigenvalue weighted by atomic mass is 31.2. The molecule has 0 saturated carbocycles. The van der Waals surface area contributed by atoms with Crippen LogP contribution < -0.4 is 0 Å². The van der Waals surface area contributed by atoms with Crippen LogP contribution in [0.2, 0.25) is 0 Å². The van der Waals surface area contributed by atoms with E-state index in [0.29, 0.717) is 0 Å². The molecular weight excluding hydrogens is 458 g/mol. The molecule has 176 valence electrons. The summed E-state index contributed by atoms with van der Waals surface area (Å²) in [6.07, 6.45) is 5.35. The van der Waals surface area contributed by atoms with Crippen LogP contribution in [0.4, 0.5) is 0 Å². The zero-order chi connectivity index (χ0) is 23.5. The van der Waals surface area contributed by atoms with Crippen molar-refractivity contribution in [2.75, 3.05) is 5.90 Å². The summed E-state index contributed by atoms with van der Waals surface area (Å²) in [5, 5.41) is 0. The quantitative estimate of drug-likeness (QED) is 0.235. The van der Waals surface area contributed by atoms with Gasteiger partial charge in [-0.3, -0.25) is 0 Å². The Bertz CT molecular complexity index is 1000. The van der Waals surface area contributed by atoms with E-state index in [9.17, 15) is 0 Å². The zero-order valence-corrected chi connectivity index (χ0v) is 22.1. The SMILES string of the molecule is c1ccc(C2CC[C@H](c3ccccc3)P2CP2[C@@H](c3ccccc3)CC[C@@H]2c2ccccc2)cc1. The van der Waals surface area contributed by atoms with Crippen LogP contribution in [0.3, 0.4) is 0 Å². The van der Waals surface area contributed by atoms with Crippen LogP contribution >= 0.6 is 15.8 Å². The first kappa shape index (κ1) is 23.2. The van der Waals surface area contributed by atoms with Gasteiger partial charge in [0, 0.05) is 22.6 Å². The Kier molecular flexibility index (Phi) is 7.13. The molecule has 5 atom stereocenters. The largest absolute Gasteiger partial charge is 0.0869 e. The van der Waals surface area contributed by atoms with Crippen LogP contribution in [0.1, 0.15) is 70.6 Å². The van der Waals surface area contributed by atoms with Crippen molar-refractivity contribution in [2.24, 2.45) is 0 Å². The van der Waals surface area contributed by atoms with E-state index in [-0.39, 0.29) is 15.8 Å². The van der Waals surface area contributed by atoms with Crippen LogP contribution in [0, 0.1) is 0 Å². The van der Waals surface area contributed by atoms with Crippen molar-refractivity contribution in [2.45, 2.75) is 48.3 Å². The van der Waals surface area contributed by atoms with Gasteiger partial charge in [-0.15, -0.1) is 0 Å². The van der Waals surface area contributed by atoms with Gasteiger partial charge in [-0.25, -0.2) is 0 Å². The number of hydrogen-bond donors (Lipinski definition) is 0. The minimum absolute atomic E-state index is 0.141. The van der Waals surface area contributed by atoms with E-state index in [4.69, 9.17) is 0 Å². The van der Waals surface area contributed by atoms with Crippen molar-refractivity contribution in [1.29, 1.82) is 0 Å². The minimum atomic E-state index is -0.141. The van der Waals surface area contributed by atoms with Gasteiger partial charge in [-0.05, 0) is 53.8 Å². The van der Waals surface area contributed by atoms with E-state index >= 15 is 0 Å². The summed E-state index contributed by atoms with van der Waals surface area (Å²) in [4.78, 5) is 0. The normalized spacial score (nSPS) is 26.7. The Morgan fingerprint density at radius 1 is 0.371 bits per heavy atom. The van der Waals surface area contributed by atoms with Crippen molar-refractivity contribution in [3.8, 4) is 0 Å². The average Bonchev–Trinajstić information content (AvgIpc) is 3.55. The fourth-order valence-corrected chi connectivity index (χ4v) is 16.1. The molecule has 0 amide bonds. The molecule has 4 aromatic carbocycles. The second kappa shape index (κ2) is 10.8. The van der Waals surface area contributed by atoms with E-state index in [0.717, 1.165) is 22.6 Å². The minimum Gasteiger partial charge on any atom is -0.0869 e. The maximum Gasteiger partial charge on any atom is 0.00507 e. The summed E-state index contributed by atoms with van der Waals surface area (Å²) >= 11 is 0. The van der Waals surface area contributed by atoms with Gasteiger partial charge in [0.25, 0.3) is 0 Å². The Hall–Kier alpha value is -2.26. The van der Waals surface area contributed by atoms with Gasteiger partial charge in [-0.1, -0.05) is 137 Å². The molecule has 2 fully saturated rings. The predicted molar refractivity (Wildman–Crippen MR) is 154 cm³/mol. The molecule has 0 nitrogen and oxygen atoms in total. The molecule has 2 aliphatic rings. The third-order valence-corrected chi connectivity index (χ3v) is 16.1. The molecule has 4 aromatic rings. The topological polar surface area (TPSA) is 0 Å². The lowest BCUT2D eigenvalue weighted by Crippen LogP contribution is -2.02. The van der Waals surface area contributed by atoms with Crippen LogP contribution in [-0.2, 0) is 0 Å². The zero-order valence-electron chi connectivity index (χ0n) is 20.3. The van der Waals surface area contributed by atoms with Gasteiger partial charge in [0.1, 0.15) is 0 Å². The van der Waals surface area contributed by atoms with Gasteiger partial charge in [-0.2, -0.15) is 0 Å². The molecule has 0 radical (unpaired) electrons. The van der Waals surface area contributed by atoms with Crippen LogP contribution in [0.25, 0.3) is 0 Å². The lowest BCUT2D eigenvalue weighted by atomic mass is 10.0. The number of rotatable bonds is 6. The predicted octanol–water partition coefficient (Wildman–Crippen LogP) is 10.5. The van der Waals surface area contributed by atoms with Gasteiger partial charge in [0.05, 0.1) is 0 Å². The lowest BCUT2D eigenvalue weighted by molar-refractivity contribution is 0.765. The molecule has 0 spiro atoms. The van der Waals surface area contributed by atoms with E-state index in [1.807, 2.05) is 0 Å². The van der Waals surface area contributed by atoms with Crippen LogP contribution in [0.5, 0.6) is 0 Å². The summed E-state index contributed by atoms with van der Waals surface area (Å²) in [7, 11) is -0.281. The number of hydrogen-bond acceptors (Lipinski definition) is 0. The average molecular weight is 493 g/mol. The third-order valence-electron chi connectivity index (χ3n) is 8.09.